The largest absolute Gasteiger partial charge is 0.340 e. The molecule has 0 radical (unpaired) electrons. The topological polar surface area (TPSA) is 100 Å². The summed E-state index contributed by atoms with van der Waals surface area (Å²) >= 11 is 1.41. The van der Waals surface area contributed by atoms with Gasteiger partial charge in [-0.15, -0.1) is 0 Å². The lowest BCUT2D eigenvalue weighted by atomic mass is 10.1. The minimum absolute atomic E-state index is 0.0870. The SMILES string of the molecule is Cc1ccc2nc(NC(=O)CCC3NC(=O)c4ccccc4NC3=O)sc2c1. The molecule has 0 fully saturated rings. The highest BCUT2D eigenvalue weighted by atomic mass is 32.1. The van der Waals surface area contributed by atoms with Gasteiger partial charge in [0.1, 0.15) is 6.04 Å². The number of anilines is 2. The molecule has 1 aliphatic heterocycles. The molecule has 7 nitrogen and oxygen atoms in total. The third-order valence-corrected chi connectivity index (χ3v) is 5.44. The van der Waals surface area contributed by atoms with Gasteiger partial charge in [0, 0.05) is 6.42 Å². The first-order valence-corrected chi connectivity index (χ1v) is 9.69. The maximum Gasteiger partial charge on any atom is 0.254 e. The van der Waals surface area contributed by atoms with Crippen molar-refractivity contribution in [1.82, 2.24) is 10.3 Å². The minimum atomic E-state index is -0.774. The van der Waals surface area contributed by atoms with Crippen LogP contribution in [0.4, 0.5) is 10.8 Å². The average molecular weight is 394 g/mol. The van der Waals surface area contributed by atoms with E-state index in [2.05, 4.69) is 20.9 Å². The summed E-state index contributed by atoms with van der Waals surface area (Å²) < 4.78 is 1.00. The van der Waals surface area contributed by atoms with Crippen molar-refractivity contribution in [3.05, 3.63) is 53.6 Å². The van der Waals surface area contributed by atoms with Gasteiger partial charge in [0.2, 0.25) is 11.8 Å². The van der Waals surface area contributed by atoms with Gasteiger partial charge >= 0.3 is 0 Å². The molecular formula is C20H18N4O3S. The molecule has 0 saturated heterocycles. The first kappa shape index (κ1) is 18.1. The Morgan fingerprint density at radius 1 is 1.21 bits per heavy atom. The number of fused-ring (bicyclic) bond motifs is 2. The summed E-state index contributed by atoms with van der Waals surface area (Å²) in [5, 5.41) is 8.72. The summed E-state index contributed by atoms with van der Waals surface area (Å²) in [5.74, 6) is -0.915. The third-order valence-electron chi connectivity index (χ3n) is 4.50. The summed E-state index contributed by atoms with van der Waals surface area (Å²) in [6, 6.07) is 11.9. The van der Waals surface area contributed by atoms with E-state index in [0.717, 1.165) is 15.8 Å². The Morgan fingerprint density at radius 2 is 2.04 bits per heavy atom. The van der Waals surface area contributed by atoms with Crippen LogP contribution in [0.3, 0.4) is 0 Å². The van der Waals surface area contributed by atoms with Gasteiger partial charge in [-0.3, -0.25) is 14.4 Å². The smallest absolute Gasteiger partial charge is 0.254 e. The number of carbonyl (C=O) groups is 3. The second-order valence-corrected chi connectivity index (χ2v) is 7.67. The van der Waals surface area contributed by atoms with Crippen molar-refractivity contribution in [2.75, 3.05) is 10.6 Å². The van der Waals surface area contributed by atoms with Crippen molar-refractivity contribution < 1.29 is 14.4 Å². The molecule has 0 bridgehead atoms. The fourth-order valence-corrected chi connectivity index (χ4v) is 4.04. The van der Waals surface area contributed by atoms with Gasteiger partial charge < -0.3 is 16.0 Å². The first-order chi connectivity index (χ1) is 13.5. The van der Waals surface area contributed by atoms with Crippen LogP contribution in [0.25, 0.3) is 10.2 Å². The summed E-state index contributed by atoms with van der Waals surface area (Å²) in [7, 11) is 0. The van der Waals surface area contributed by atoms with Crippen molar-refractivity contribution in [3.8, 4) is 0 Å². The van der Waals surface area contributed by atoms with Crippen LogP contribution in [0, 0.1) is 6.92 Å². The van der Waals surface area contributed by atoms with Crippen LogP contribution >= 0.6 is 11.3 Å². The van der Waals surface area contributed by atoms with E-state index in [1.807, 2.05) is 25.1 Å². The number of amides is 3. The van der Waals surface area contributed by atoms with E-state index >= 15 is 0 Å². The minimum Gasteiger partial charge on any atom is -0.340 e. The van der Waals surface area contributed by atoms with E-state index in [1.54, 1.807) is 24.3 Å². The van der Waals surface area contributed by atoms with E-state index in [-0.39, 0.29) is 30.6 Å². The number of nitrogens with one attached hydrogen (secondary N) is 3. The highest BCUT2D eigenvalue weighted by Gasteiger charge is 2.27. The number of hydrogen-bond donors (Lipinski definition) is 3. The van der Waals surface area contributed by atoms with Gasteiger partial charge in [0.05, 0.1) is 21.5 Å². The zero-order chi connectivity index (χ0) is 19.7. The highest BCUT2D eigenvalue weighted by Crippen LogP contribution is 2.27. The molecule has 1 atom stereocenters. The van der Waals surface area contributed by atoms with Crippen molar-refractivity contribution in [1.29, 1.82) is 0 Å². The standard InChI is InChI=1S/C20H18N4O3S/c1-11-6-7-14-16(10-11)28-20(23-14)24-17(25)9-8-15-19(27)21-13-5-3-2-4-12(13)18(26)22-15/h2-7,10,15H,8-9H2,1H3,(H,21,27)(H,22,26)(H,23,24,25). The third kappa shape index (κ3) is 3.72. The molecule has 1 unspecified atom stereocenters. The number of hydrogen-bond acceptors (Lipinski definition) is 5. The lowest BCUT2D eigenvalue weighted by Gasteiger charge is -2.13. The Labute approximate surface area is 165 Å². The molecule has 3 amide bonds. The highest BCUT2D eigenvalue weighted by molar-refractivity contribution is 7.22. The number of para-hydroxylation sites is 1. The number of aryl methyl sites for hydroxylation is 1. The lowest BCUT2D eigenvalue weighted by molar-refractivity contribution is -0.118. The second-order valence-electron chi connectivity index (χ2n) is 6.64. The maximum absolute atomic E-state index is 12.4. The summed E-state index contributed by atoms with van der Waals surface area (Å²) in [5.41, 5.74) is 2.85. The van der Waals surface area contributed by atoms with Crippen molar-refractivity contribution in [3.63, 3.8) is 0 Å². The van der Waals surface area contributed by atoms with Crippen molar-refractivity contribution >= 4 is 50.1 Å². The molecule has 8 heteroatoms. The molecule has 142 valence electrons. The summed E-state index contributed by atoms with van der Waals surface area (Å²) in [6.07, 6.45) is 0.283. The zero-order valence-corrected chi connectivity index (χ0v) is 15.9. The monoisotopic (exact) mass is 394 g/mol. The van der Waals surface area contributed by atoms with Gasteiger partial charge in [0.25, 0.3) is 5.91 Å². The van der Waals surface area contributed by atoms with Crippen LogP contribution in [0.5, 0.6) is 0 Å². The van der Waals surface area contributed by atoms with Gasteiger partial charge in [-0.2, -0.15) is 0 Å². The molecule has 3 aromatic rings. The van der Waals surface area contributed by atoms with Gasteiger partial charge in [0.15, 0.2) is 5.13 Å². The Kier molecular flexibility index (Phi) is 4.79. The van der Waals surface area contributed by atoms with E-state index in [9.17, 15) is 14.4 Å². The Morgan fingerprint density at radius 3 is 2.89 bits per heavy atom. The van der Waals surface area contributed by atoms with Crippen LogP contribution in [-0.4, -0.2) is 28.7 Å². The van der Waals surface area contributed by atoms with Gasteiger partial charge in [-0.05, 0) is 43.2 Å². The maximum atomic E-state index is 12.4. The Bertz CT molecular complexity index is 1090. The molecule has 1 aromatic heterocycles. The molecule has 0 saturated carbocycles. The number of nitrogens with zero attached hydrogens (tertiary/aromatic N) is 1. The summed E-state index contributed by atoms with van der Waals surface area (Å²) in [4.78, 5) is 41.4. The average Bonchev–Trinajstić information content (AvgIpc) is 3.00. The van der Waals surface area contributed by atoms with Crippen LogP contribution < -0.4 is 16.0 Å². The fourth-order valence-electron chi connectivity index (χ4n) is 3.06. The molecule has 0 spiro atoms. The quantitative estimate of drug-likeness (QED) is 0.633. The molecule has 2 heterocycles. The molecule has 2 aromatic carbocycles. The van der Waals surface area contributed by atoms with Crippen LogP contribution in [0.2, 0.25) is 0 Å². The number of aromatic nitrogens is 1. The Balaban J connectivity index is 1.39. The Hall–Kier alpha value is -3.26. The fraction of sp³-hybridized carbons (Fsp3) is 0.200. The molecule has 1 aliphatic rings. The summed E-state index contributed by atoms with van der Waals surface area (Å²) in [6.45, 7) is 2.00. The van der Waals surface area contributed by atoms with E-state index in [0.29, 0.717) is 16.4 Å². The first-order valence-electron chi connectivity index (χ1n) is 8.87. The second kappa shape index (κ2) is 7.40. The normalized spacial score (nSPS) is 16.1. The molecule has 3 N–H and O–H groups in total. The van der Waals surface area contributed by atoms with Gasteiger partial charge in [-0.1, -0.05) is 29.5 Å². The van der Waals surface area contributed by atoms with Crippen LogP contribution in [-0.2, 0) is 9.59 Å². The van der Waals surface area contributed by atoms with E-state index in [4.69, 9.17) is 0 Å². The van der Waals surface area contributed by atoms with E-state index in [1.165, 1.54) is 11.3 Å². The van der Waals surface area contributed by atoms with Gasteiger partial charge in [-0.25, -0.2) is 4.98 Å². The molecular weight excluding hydrogens is 376 g/mol. The molecule has 4 rings (SSSR count). The number of carbonyl (C=O) groups excluding carboxylic acids is 3. The molecule has 28 heavy (non-hydrogen) atoms. The molecule has 0 aliphatic carbocycles. The van der Waals surface area contributed by atoms with Crippen LogP contribution in [0.15, 0.2) is 42.5 Å². The van der Waals surface area contributed by atoms with E-state index < -0.39 is 6.04 Å². The zero-order valence-electron chi connectivity index (χ0n) is 15.1. The lowest BCUT2D eigenvalue weighted by Crippen LogP contribution is -2.41. The number of thiazole rings is 1. The van der Waals surface area contributed by atoms with Crippen molar-refractivity contribution in [2.24, 2.45) is 0 Å². The predicted octanol–water partition coefficient (Wildman–Crippen LogP) is 3.07. The van der Waals surface area contributed by atoms with Crippen LogP contribution in [0.1, 0.15) is 28.8 Å². The predicted molar refractivity (Wildman–Crippen MR) is 109 cm³/mol. The number of benzene rings is 2. The number of rotatable bonds is 4. The van der Waals surface area contributed by atoms with Crippen molar-refractivity contribution in [2.45, 2.75) is 25.8 Å².